The van der Waals surface area contributed by atoms with E-state index in [9.17, 15) is 14.4 Å². The Morgan fingerprint density at radius 1 is 1.03 bits per heavy atom. The van der Waals surface area contributed by atoms with E-state index in [4.69, 9.17) is 9.47 Å². The normalized spacial score (nSPS) is 20.9. The number of hydrogen-bond acceptors (Lipinski definition) is 6. The summed E-state index contributed by atoms with van der Waals surface area (Å²) in [6.45, 7) is 3.92. The van der Waals surface area contributed by atoms with Gasteiger partial charge >= 0.3 is 0 Å². The zero-order valence-corrected chi connectivity index (χ0v) is 21.8. The van der Waals surface area contributed by atoms with E-state index in [2.05, 4.69) is 11.1 Å². The molecule has 38 heavy (non-hydrogen) atoms. The van der Waals surface area contributed by atoms with Crippen molar-refractivity contribution in [2.75, 3.05) is 39.4 Å². The number of morpholine rings is 1. The number of carbonyl (C=O) groups is 2. The second kappa shape index (κ2) is 11.3. The van der Waals surface area contributed by atoms with E-state index in [1.807, 2.05) is 31.2 Å². The summed E-state index contributed by atoms with van der Waals surface area (Å²) in [5.74, 6) is 0.529. The molecule has 2 aliphatic rings. The molecular weight excluding hydrogens is 484 g/mol. The van der Waals surface area contributed by atoms with Gasteiger partial charge in [0.25, 0.3) is 11.5 Å². The van der Waals surface area contributed by atoms with E-state index < -0.39 is 5.60 Å². The largest absolute Gasteiger partial charge is 0.491 e. The van der Waals surface area contributed by atoms with Crippen molar-refractivity contribution in [2.45, 2.75) is 44.8 Å². The van der Waals surface area contributed by atoms with Crippen molar-refractivity contribution >= 4 is 22.7 Å². The van der Waals surface area contributed by atoms with Gasteiger partial charge in [-0.05, 0) is 56.4 Å². The highest BCUT2D eigenvalue weighted by molar-refractivity contribution is 5.87. The van der Waals surface area contributed by atoms with E-state index >= 15 is 0 Å². The maximum atomic E-state index is 13.9. The fraction of sp³-hybridized carbons (Fsp3) is 0.448. The van der Waals surface area contributed by atoms with Crippen LogP contribution in [0.2, 0.25) is 0 Å². The van der Waals surface area contributed by atoms with Crippen LogP contribution in [-0.4, -0.2) is 76.2 Å². The molecule has 1 fully saturated rings. The quantitative estimate of drug-likeness (QED) is 0.529. The van der Waals surface area contributed by atoms with Crippen molar-refractivity contribution < 1.29 is 19.1 Å². The number of fused-ring (bicyclic) bond motifs is 2. The summed E-state index contributed by atoms with van der Waals surface area (Å²) >= 11 is 0. The molecule has 1 spiro atoms. The molecule has 2 amide bonds. The maximum Gasteiger partial charge on any atom is 0.261 e. The van der Waals surface area contributed by atoms with Gasteiger partial charge in [-0.3, -0.25) is 19.0 Å². The fourth-order valence-electron chi connectivity index (χ4n) is 5.38. The van der Waals surface area contributed by atoms with Crippen molar-refractivity contribution in [1.82, 2.24) is 19.4 Å². The Balaban J connectivity index is 1.35. The minimum Gasteiger partial charge on any atom is -0.491 e. The van der Waals surface area contributed by atoms with Gasteiger partial charge < -0.3 is 19.3 Å². The Kier molecular flexibility index (Phi) is 7.74. The Hall–Kier alpha value is -3.72. The number of benzene rings is 2. The molecule has 0 saturated carbocycles. The lowest BCUT2D eigenvalue weighted by atomic mass is 9.91. The van der Waals surface area contributed by atoms with Crippen LogP contribution in [0.25, 0.3) is 10.9 Å². The zero-order chi connectivity index (χ0) is 26.5. The second-order valence-corrected chi connectivity index (χ2v) is 9.90. The summed E-state index contributed by atoms with van der Waals surface area (Å²) in [5.41, 5.74) is 0.380. The van der Waals surface area contributed by atoms with E-state index in [1.165, 1.54) is 10.9 Å². The van der Waals surface area contributed by atoms with E-state index in [-0.39, 0.29) is 37.1 Å². The van der Waals surface area contributed by atoms with Gasteiger partial charge in [-0.25, -0.2) is 4.98 Å². The Morgan fingerprint density at radius 2 is 1.84 bits per heavy atom. The Labute approximate surface area is 222 Å². The van der Waals surface area contributed by atoms with Crippen LogP contribution in [-0.2, 0) is 27.3 Å². The number of hydrogen-bond donors (Lipinski definition) is 0. The summed E-state index contributed by atoms with van der Waals surface area (Å²) in [6.07, 6.45) is 4.42. The lowest BCUT2D eigenvalue weighted by Crippen LogP contribution is -2.62. The number of aryl methyl sites for hydroxylation is 1. The third-order valence-electron chi connectivity index (χ3n) is 7.50. The van der Waals surface area contributed by atoms with Gasteiger partial charge in [0.2, 0.25) is 5.91 Å². The standard InChI is InChI=1S/C29H34N4O5/c1-2-31-15-17-37-25-13-6-3-9-22(25)10-7-8-14-29(28(31)36)20-32(16-18-38-29)26(34)19-33-21-30-24-12-5-4-11-23(24)27(33)35/h3-6,9,11-13,21H,2,7-8,10,14-20H2,1H3. The first-order chi connectivity index (χ1) is 18.5. The third-order valence-corrected chi connectivity index (χ3v) is 7.50. The number of likely N-dealkylation sites (N-methyl/N-ethyl adjacent to an activating group) is 1. The number of carbonyl (C=O) groups excluding carboxylic acids is 2. The van der Waals surface area contributed by atoms with Gasteiger partial charge in [0.05, 0.1) is 36.9 Å². The van der Waals surface area contributed by atoms with Gasteiger partial charge in [0, 0.05) is 13.1 Å². The van der Waals surface area contributed by atoms with Crippen LogP contribution in [0.5, 0.6) is 5.75 Å². The predicted octanol–water partition coefficient (Wildman–Crippen LogP) is 2.65. The molecule has 3 aromatic rings. The molecule has 0 N–H and O–H groups in total. The van der Waals surface area contributed by atoms with Crippen LogP contribution in [0.4, 0.5) is 0 Å². The second-order valence-electron chi connectivity index (χ2n) is 9.90. The third kappa shape index (κ3) is 5.29. The monoisotopic (exact) mass is 518 g/mol. The molecule has 2 aliphatic heterocycles. The van der Waals surface area contributed by atoms with Crippen LogP contribution in [0.15, 0.2) is 59.7 Å². The first kappa shape index (κ1) is 25.9. The number of nitrogens with zero attached hydrogens (tertiary/aromatic N) is 4. The minimum atomic E-state index is -1.12. The molecule has 0 bridgehead atoms. The number of para-hydroxylation sites is 2. The molecule has 3 heterocycles. The average molecular weight is 519 g/mol. The van der Waals surface area contributed by atoms with E-state index in [0.717, 1.165) is 30.6 Å². The molecule has 1 atom stereocenters. The highest BCUT2D eigenvalue weighted by Crippen LogP contribution is 2.29. The molecule has 1 unspecified atom stereocenters. The van der Waals surface area contributed by atoms with Crippen molar-refractivity contribution in [3.63, 3.8) is 0 Å². The summed E-state index contributed by atoms with van der Waals surface area (Å²) in [4.78, 5) is 48.0. The van der Waals surface area contributed by atoms with Gasteiger partial charge in [-0.1, -0.05) is 30.3 Å². The molecule has 200 valence electrons. The highest BCUT2D eigenvalue weighted by Gasteiger charge is 2.46. The highest BCUT2D eigenvalue weighted by atomic mass is 16.5. The van der Waals surface area contributed by atoms with Crippen molar-refractivity contribution in [3.05, 3.63) is 70.8 Å². The summed E-state index contributed by atoms with van der Waals surface area (Å²) in [6, 6.07) is 15.1. The summed E-state index contributed by atoms with van der Waals surface area (Å²) in [5, 5.41) is 0.470. The van der Waals surface area contributed by atoms with Gasteiger partial charge in [0.1, 0.15) is 18.9 Å². The lowest BCUT2D eigenvalue weighted by Gasteiger charge is -2.44. The smallest absolute Gasteiger partial charge is 0.261 e. The summed E-state index contributed by atoms with van der Waals surface area (Å²) < 4.78 is 13.6. The Morgan fingerprint density at radius 3 is 2.71 bits per heavy atom. The molecule has 1 aromatic heterocycles. The van der Waals surface area contributed by atoms with Gasteiger partial charge in [-0.2, -0.15) is 0 Å². The molecule has 2 aromatic carbocycles. The Bertz CT molecular complexity index is 1370. The van der Waals surface area contributed by atoms with Crippen molar-refractivity contribution in [3.8, 4) is 5.75 Å². The SMILES string of the molecule is CCN1CCOc2ccccc2CCCCC2(CN(C(=O)Cn3cnc4ccccc4c3=O)CCO2)C1=O. The van der Waals surface area contributed by atoms with Gasteiger partial charge in [-0.15, -0.1) is 0 Å². The number of rotatable bonds is 3. The predicted molar refractivity (Wildman–Crippen MR) is 143 cm³/mol. The molecule has 0 radical (unpaired) electrons. The zero-order valence-electron chi connectivity index (χ0n) is 21.8. The van der Waals surface area contributed by atoms with Crippen LogP contribution < -0.4 is 10.3 Å². The molecule has 1 saturated heterocycles. The topological polar surface area (TPSA) is 94.0 Å². The maximum absolute atomic E-state index is 13.9. The first-order valence-corrected chi connectivity index (χ1v) is 13.4. The minimum absolute atomic E-state index is 0.112. The van der Waals surface area contributed by atoms with E-state index in [0.29, 0.717) is 43.6 Å². The molecule has 9 heteroatoms. The number of ether oxygens (including phenoxy) is 2. The molecule has 5 rings (SSSR count). The fourth-order valence-corrected chi connectivity index (χ4v) is 5.38. The van der Waals surface area contributed by atoms with E-state index in [1.54, 1.807) is 28.0 Å². The molecular formula is C29H34N4O5. The first-order valence-electron chi connectivity index (χ1n) is 13.4. The average Bonchev–Trinajstić information content (AvgIpc) is 2.95. The van der Waals surface area contributed by atoms with Crippen LogP contribution in [0, 0.1) is 0 Å². The van der Waals surface area contributed by atoms with Crippen LogP contribution in [0.3, 0.4) is 0 Å². The van der Waals surface area contributed by atoms with Gasteiger partial charge in [0.15, 0.2) is 5.60 Å². The van der Waals surface area contributed by atoms with Crippen molar-refractivity contribution in [2.24, 2.45) is 0 Å². The van der Waals surface area contributed by atoms with Crippen LogP contribution >= 0.6 is 0 Å². The molecule has 9 nitrogen and oxygen atoms in total. The molecule has 0 aliphatic carbocycles. The summed E-state index contributed by atoms with van der Waals surface area (Å²) in [7, 11) is 0. The number of aromatic nitrogens is 2. The van der Waals surface area contributed by atoms with Crippen molar-refractivity contribution in [1.29, 1.82) is 0 Å². The van der Waals surface area contributed by atoms with Crippen LogP contribution in [0.1, 0.15) is 31.7 Å². The number of amides is 2. The lowest BCUT2D eigenvalue weighted by molar-refractivity contribution is -0.176.